The third kappa shape index (κ3) is 5.02. The normalized spacial score (nSPS) is 11.0. The van der Waals surface area contributed by atoms with Crippen molar-refractivity contribution in [2.75, 3.05) is 31.8 Å². The number of anilines is 1. The van der Waals surface area contributed by atoms with Crippen molar-refractivity contribution in [2.24, 2.45) is 0 Å². The van der Waals surface area contributed by atoms with Crippen LogP contribution < -0.4 is 10.5 Å². The van der Waals surface area contributed by atoms with Gasteiger partial charge in [0.15, 0.2) is 5.16 Å². The second-order valence-corrected chi connectivity index (χ2v) is 9.81. The van der Waals surface area contributed by atoms with Gasteiger partial charge in [-0.1, -0.05) is 30.0 Å². The number of carbonyl (C=O) groups excluding carboxylic acids is 1. The van der Waals surface area contributed by atoms with Crippen LogP contribution in [0.1, 0.15) is 16.0 Å². The summed E-state index contributed by atoms with van der Waals surface area (Å²) in [5.74, 6) is 0.199. The molecular formula is C23H28N4O2S2. The van der Waals surface area contributed by atoms with Crippen LogP contribution in [0.15, 0.2) is 46.9 Å². The number of hydrogen-bond acceptors (Lipinski definition) is 6. The van der Waals surface area contributed by atoms with Gasteiger partial charge in [-0.15, -0.1) is 17.9 Å². The van der Waals surface area contributed by atoms with E-state index in [1.165, 1.54) is 23.1 Å². The van der Waals surface area contributed by atoms with Crippen LogP contribution in [0.4, 0.5) is 5.69 Å². The Morgan fingerprint density at radius 1 is 1.23 bits per heavy atom. The summed E-state index contributed by atoms with van der Waals surface area (Å²) in [5.41, 5.74) is 3.09. The first-order valence-electron chi connectivity index (χ1n) is 9.97. The molecule has 0 saturated heterocycles. The number of aromatic nitrogens is 2. The van der Waals surface area contributed by atoms with Gasteiger partial charge in [0.1, 0.15) is 4.83 Å². The molecule has 0 N–H and O–H groups in total. The summed E-state index contributed by atoms with van der Waals surface area (Å²) in [5, 5.41) is 1.22. The molecule has 1 aromatic carbocycles. The molecule has 0 bridgehead atoms. The minimum Gasteiger partial charge on any atom is -0.378 e. The van der Waals surface area contributed by atoms with Gasteiger partial charge in [0, 0.05) is 44.8 Å². The average Bonchev–Trinajstić information content (AvgIpc) is 3.02. The lowest BCUT2D eigenvalue weighted by atomic mass is 10.2. The minimum absolute atomic E-state index is 0.0141. The number of nitrogens with zero attached hydrogens (tertiary/aromatic N) is 4. The lowest BCUT2D eigenvalue weighted by molar-refractivity contribution is -0.127. The quantitative estimate of drug-likeness (QED) is 0.290. The Labute approximate surface area is 191 Å². The van der Waals surface area contributed by atoms with E-state index in [9.17, 15) is 9.59 Å². The van der Waals surface area contributed by atoms with Gasteiger partial charge < -0.3 is 9.80 Å². The summed E-state index contributed by atoms with van der Waals surface area (Å²) in [4.78, 5) is 36.0. The predicted octanol–water partition coefficient (Wildman–Crippen LogP) is 4.08. The van der Waals surface area contributed by atoms with E-state index in [1.54, 1.807) is 22.6 Å². The number of rotatable bonds is 8. The summed E-state index contributed by atoms with van der Waals surface area (Å²) in [6, 6.07) is 8.15. The Bertz CT molecular complexity index is 1160. The summed E-state index contributed by atoms with van der Waals surface area (Å²) < 4.78 is 1.60. The fourth-order valence-corrected chi connectivity index (χ4v) is 5.23. The largest absolute Gasteiger partial charge is 0.378 e. The predicted molar refractivity (Wildman–Crippen MR) is 132 cm³/mol. The summed E-state index contributed by atoms with van der Waals surface area (Å²) in [6.07, 6.45) is 1.68. The zero-order chi connectivity index (χ0) is 22.7. The molecule has 0 aliphatic carbocycles. The topological polar surface area (TPSA) is 58.4 Å². The Morgan fingerprint density at radius 3 is 2.52 bits per heavy atom. The van der Waals surface area contributed by atoms with Crippen molar-refractivity contribution in [3.05, 3.63) is 63.3 Å². The molecule has 3 rings (SSSR count). The summed E-state index contributed by atoms with van der Waals surface area (Å²) >= 11 is 2.81. The van der Waals surface area contributed by atoms with E-state index < -0.39 is 0 Å². The van der Waals surface area contributed by atoms with E-state index in [2.05, 4.69) is 6.58 Å². The fraction of sp³-hybridized carbons (Fsp3) is 0.348. The van der Waals surface area contributed by atoms with E-state index >= 15 is 0 Å². The van der Waals surface area contributed by atoms with E-state index in [0.717, 1.165) is 26.5 Å². The number of carbonyl (C=O) groups is 1. The molecule has 1 amide bonds. The van der Waals surface area contributed by atoms with Gasteiger partial charge in [-0.3, -0.25) is 14.2 Å². The van der Waals surface area contributed by atoms with Crippen molar-refractivity contribution < 1.29 is 4.79 Å². The van der Waals surface area contributed by atoms with Crippen LogP contribution in [0, 0.1) is 13.8 Å². The van der Waals surface area contributed by atoms with E-state index in [0.29, 0.717) is 23.6 Å². The maximum atomic E-state index is 13.0. The molecule has 164 valence electrons. The Hall–Kier alpha value is -2.58. The van der Waals surface area contributed by atoms with Crippen LogP contribution in [0.2, 0.25) is 0 Å². The van der Waals surface area contributed by atoms with E-state index in [1.807, 2.05) is 57.1 Å². The van der Waals surface area contributed by atoms with Gasteiger partial charge in [0.2, 0.25) is 5.91 Å². The summed E-state index contributed by atoms with van der Waals surface area (Å²) in [7, 11) is 5.79. The number of aryl methyl sites for hydroxylation is 2. The van der Waals surface area contributed by atoms with Gasteiger partial charge in [0.05, 0.1) is 11.1 Å². The van der Waals surface area contributed by atoms with Crippen LogP contribution in [0.3, 0.4) is 0 Å². The number of fused-ring (bicyclic) bond motifs is 1. The highest BCUT2D eigenvalue weighted by Gasteiger charge is 2.18. The van der Waals surface area contributed by atoms with E-state index in [-0.39, 0.29) is 17.2 Å². The fourth-order valence-electron chi connectivity index (χ4n) is 3.21. The zero-order valence-corrected chi connectivity index (χ0v) is 20.3. The zero-order valence-electron chi connectivity index (χ0n) is 18.6. The minimum atomic E-state index is -0.0731. The second-order valence-electron chi connectivity index (χ2n) is 7.66. The lowest BCUT2D eigenvalue weighted by Gasteiger charge is -2.18. The highest BCUT2D eigenvalue weighted by molar-refractivity contribution is 7.99. The maximum Gasteiger partial charge on any atom is 0.263 e. The molecule has 0 spiro atoms. The first kappa shape index (κ1) is 23.1. The first-order chi connectivity index (χ1) is 14.7. The van der Waals surface area contributed by atoms with Crippen LogP contribution in [0.25, 0.3) is 10.2 Å². The van der Waals surface area contributed by atoms with Crippen molar-refractivity contribution in [3.8, 4) is 0 Å². The Balaban J connectivity index is 1.75. The highest BCUT2D eigenvalue weighted by atomic mass is 32.2. The van der Waals surface area contributed by atoms with Gasteiger partial charge in [-0.25, -0.2) is 4.98 Å². The first-order valence-corrected chi connectivity index (χ1v) is 11.8. The molecule has 0 aliphatic rings. The monoisotopic (exact) mass is 456 g/mol. The van der Waals surface area contributed by atoms with Gasteiger partial charge >= 0.3 is 0 Å². The molecule has 0 fully saturated rings. The van der Waals surface area contributed by atoms with Gasteiger partial charge in [-0.2, -0.15) is 0 Å². The number of hydrogen-bond donors (Lipinski definition) is 0. The standard InChI is InChI=1S/C23H28N4O2S2/c1-7-12-27-22(29)20-15(2)16(3)31-21(20)24-23(27)30-14-19(28)26(6)13-17-8-10-18(11-9-17)25(4)5/h7-11H,1,12-14H2,2-6H3. The van der Waals surface area contributed by atoms with Gasteiger partial charge in [-0.05, 0) is 37.1 Å². The molecule has 2 aromatic heterocycles. The van der Waals surface area contributed by atoms with Crippen molar-refractivity contribution in [3.63, 3.8) is 0 Å². The maximum absolute atomic E-state index is 13.0. The SMILES string of the molecule is C=CCn1c(SCC(=O)N(C)Cc2ccc(N(C)C)cc2)nc2sc(C)c(C)c2c1=O. The number of benzene rings is 1. The number of allylic oxidation sites excluding steroid dienone is 1. The summed E-state index contributed by atoms with van der Waals surface area (Å²) in [6.45, 7) is 8.60. The molecule has 0 aliphatic heterocycles. The van der Waals surface area contributed by atoms with Crippen LogP contribution in [0.5, 0.6) is 0 Å². The Morgan fingerprint density at radius 2 is 1.90 bits per heavy atom. The van der Waals surface area contributed by atoms with Crippen molar-refractivity contribution in [2.45, 2.75) is 32.1 Å². The molecule has 0 radical (unpaired) electrons. The molecular weight excluding hydrogens is 428 g/mol. The van der Waals surface area contributed by atoms with Crippen LogP contribution in [-0.4, -0.2) is 47.3 Å². The number of thiophene rings is 1. The third-order valence-electron chi connectivity index (χ3n) is 5.19. The number of amides is 1. The molecule has 31 heavy (non-hydrogen) atoms. The molecule has 0 unspecified atom stereocenters. The van der Waals surface area contributed by atoms with E-state index in [4.69, 9.17) is 4.98 Å². The molecule has 8 heteroatoms. The van der Waals surface area contributed by atoms with Crippen molar-refractivity contribution in [1.82, 2.24) is 14.5 Å². The molecule has 6 nitrogen and oxygen atoms in total. The van der Waals surface area contributed by atoms with Crippen molar-refractivity contribution in [1.29, 1.82) is 0 Å². The van der Waals surface area contributed by atoms with Gasteiger partial charge in [0.25, 0.3) is 5.56 Å². The molecule has 2 heterocycles. The molecule has 0 saturated carbocycles. The average molecular weight is 457 g/mol. The molecule has 0 atom stereocenters. The number of thioether (sulfide) groups is 1. The third-order valence-corrected chi connectivity index (χ3v) is 7.25. The smallest absolute Gasteiger partial charge is 0.263 e. The second kappa shape index (κ2) is 9.70. The lowest BCUT2D eigenvalue weighted by Crippen LogP contribution is -2.28. The van der Waals surface area contributed by atoms with Crippen molar-refractivity contribution >= 4 is 44.9 Å². The molecule has 3 aromatic rings. The highest BCUT2D eigenvalue weighted by Crippen LogP contribution is 2.28. The van der Waals surface area contributed by atoms with Crippen LogP contribution in [-0.2, 0) is 17.9 Å². The Kier molecular flexibility index (Phi) is 7.23. The van der Waals surface area contributed by atoms with Crippen LogP contribution >= 0.6 is 23.1 Å².